The zero-order valence-corrected chi connectivity index (χ0v) is 13.7. The van der Waals surface area contributed by atoms with E-state index in [1.54, 1.807) is 0 Å². The maximum absolute atomic E-state index is 12.5. The van der Waals surface area contributed by atoms with E-state index in [1.165, 1.54) is 0 Å². The Hall–Kier alpha value is -2.41. The van der Waals surface area contributed by atoms with Crippen molar-refractivity contribution in [2.45, 2.75) is 50.6 Å². The maximum Gasteiger partial charge on any atom is 0.322 e. The maximum atomic E-state index is 12.5. The minimum absolute atomic E-state index is 0.246. The van der Waals surface area contributed by atoms with Crippen LogP contribution < -0.4 is 10.6 Å². The van der Waals surface area contributed by atoms with Crippen molar-refractivity contribution in [3.05, 3.63) is 35.9 Å². The first-order chi connectivity index (χ1) is 11.5. The summed E-state index contributed by atoms with van der Waals surface area (Å²) >= 11 is 0. The Morgan fingerprint density at radius 3 is 2.50 bits per heavy atom. The SMILES string of the molecule is CCCCCC1([C@H](Cc2ccccc2)N(O)C=O)NC(=O)NC1=O. The molecule has 130 valence electrons. The van der Waals surface area contributed by atoms with Crippen molar-refractivity contribution in [2.24, 2.45) is 0 Å². The molecular weight excluding hydrogens is 310 g/mol. The van der Waals surface area contributed by atoms with Crippen LogP contribution in [0.3, 0.4) is 0 Å². The zero-order chi connectivity index (χ0) is 17.6. The van der Waals surface area contributed by atoms with Crippen LogP contribution in [-0.2, 0) is 16.0 Å². The number of benzene rings is 1. The molecule has 0 aromatic heterocycles. The van der Waals surface area contributed by atoms with Crippen molar-refractivity contribution in [1.29, 1.82) is 0 Å². The van der Waals surface area contributed by atoms with Gasteiger partial charge in [-0.1, -0.05) is 56.5 Å². The van der Waals surface area contributed by atoms with Gasteiger partial charge in [-0.05, 0) is 18.4 Å². The molecular formula is C17H23N3O4. The van der Waals surface area contributed by atoms with E-state index in [-0.39, 0.29) is 12.8 Å². The average Bonchev–Trinajstić information content (AvgIpc) is 2.87. The van der Waals surface area contributed by atoms with Gasteiger partial charge in [-0.2, -0.15) is 0 Å². The fourth-order valence-electron chi connectivity index (χ4n) is 3.14. The van der Waals surface area contributed by atoms with Crippen molar-refractivity contribution in [2.75, 3.05) is 0 Å². The first kappa shape index (κ1) is 17.9. The van der Waals surface area contributed by atoms with Crippen LogP contribution in [0.2, 0.25) is 0 Å². The van der Waals surface area contributed by atoms with Gasteiger partial charge in [0.1, 0.15) is 5.54 Å². The quantitative estimate of drug-likeness (QED) is 0.210. The Labute approximate surface area is 141 Å². The number of nitrogens with zero attached hydrogens (tertiary/aromatic N) is 1. The van der Waals surface area contributed by atoms with Crippen LogP contribution in [0.4, 0.5) is 4.79 Å². The van der Waals surface area contributed by atoms with Gasteiger partial charge in [0.15, 0.2) is 0 Å². The predicted molar refractivity (Wildman–Crippen MR) is 87.2 cm³/mol. The third-order valence-electron chi connectivity index (χ3n) is 4.41. The first-order valence-electron chi connectivity index (χ1n) is 8.13. The number of carbonyl (C=O) groups excluding carboxylic acids is 3. The molecule has 0 aliphatic carbocycles. The van der Waals surface area contributed by atoms with Crippen LogP contribution in [-0.4, -0.2) is 40.2 Å². The summed E-state index contributed by atoms with van der Waals surface area (Å²) in [5, 5.41) is 15.5. The van der Waals surface area contributed by atoms with Gasteiger partial charge in [0.25, 0.3) is 5.91 Å². The van der Waals surface area contributed by atoms with E-state index >= 15 is 0 Å². The Morgan fingerprint density at radius 1 is 1.25 bits per heavy atom. The molecule has 1 saturated heterocycles. The molecule has 7 heteroatoms. The molecule has 3 N–H and O–H groups in total. The lowest BCUT2D eigenvalue weighted by Crippen LogP contribution is -2.62. The van der Waals surface area contributed by atoms with Crippen molar-refractivity contribution in [1.82, 2.24) is 15.7 Å². The Balaban J connectivity index is 2.35. The van der Waals surface area contributed by atoms with E-state index in [9.17, 15) is 19.6 Å². The van der Waals surface area contributed by atoms with Gasteiger partial charge in [0.2, 0.25) is 6.41 Å². The van der Waals surface area contributed by atoms with Gasteiger partial charge < -0.3 is 5.32 Å². The summed E-state index contributed by atoms with van der Waals surface area (Å²) in [7, 11) is 0. The van der Waals surface area contributed by atoms with Crippen LogP contribution in [0.15, 0.2) is 30.3 Å². The standard InChI is InChI=1S/C17H23N3O4/c1-2-3-7-10-17(15(22)18-16(23)19-17)14(20(24)12-21)11-13-8-5-4-6-9-13/h4-6,8-9,12,14,24H,2-3,7,10-11H2,1H3,(H2,18,19,22,23)/t14-,17?/m0/s1. The van der Waals surface area contributed by atoms with Crippen molar-refractivity contribution in [3.8, 4) is 0 Å². The molecule has 1 unspecified atom stereocenters. The Bertz CT molecular complexity index is 593. The fraction of sp³-hybridized carbons (Fsp3) is 0.471. The summed E-state index contributed by atoms with van der Waals surface area (Å²) < 4.78 is 0. The normalized spacial score (nSPS) is 21.1. The number of urea groups is 1. The van der Waals surface area contributed by atoms with Crippen molar-refractivity contribution < 1.29 is 19.6 Å². The summed E-state index contributed by atoms with van der Waals surface area (Å²) in [5.41, 5.74) is -0.482. The summed E-state index contributed by atoms with van der Waals surface area (Å²) in [4.78, 5) is 35.4. The lowest BCUT2D eigenvalue weighted by Gasteiger charge is -2.37. The molecule has 24 heavy (non-hydrogen) atoms. The van der Waals surface area contributed by atoms with Crippen LogP contribution in [0, 0.1) is 0 Å². The van der Waals surface area contributed by atoms with Crippen LogP contribution in [0.25, 0.3) is 0 Å². The smallest absolute Gasteiger partial charge is 0.321 e. The van der Waals surface area contributed by atoms with Gasteiger partial charge in [0, 0.05) is 0 Å². The van der Waals surface area contributed by atoms with E-state index in [1.807, 2.05) is 37.3 Å². The van der Waals surface area contributed by atoms with Gasteiger partial charge in [-0.3, -0.25) is 20.1 Å². The second kappa shape index (κ2) is 7.92. The number of hydrogen-bond acceptors (Lipinski definition) is 4. The van der Waals surface area contributed by atoms with Gasteiger partial charge in [-0.15, -0.1) is 0 Å². The van der Waals surface area contributed by atoms with E-state index in [2.05, 4.69) is 10.6 Å². The Morgan fingerprint density at radius 2 is 1.96 bits per heavy atom. The van der Waals surface area contributed by atoms with Gasteiger partial charge >= 0.3 is 6.03 Å². The molecule has 1 aliphatic rings. The first-order valence-corrected chi connectivity index (χ1v) is 8.13. The third kappa shape index (κ3) is 3.73. The molecule has 1 fully saturated rings. The topological polar surface area (TPSA) is 98.7 Å². The molecule has 0 radical (unpaired) electrons. The number of rotatable bonds is 9. The lowest BCUT2D eigenvalue weighted by atomic mass is 9.81. The summed E-state index contributed by atoms with van der Waals surface area (Å²) in [5.74, 6) is -0.509. The minimum atomic E-state index is -1.34. The Kier molecular flexibility index (Phi) is 5.92. The van der Waals surface area contributed by atoms with Crippen molar-refractivity contribution in [3.63, 3.8) is 0 Å². The predicted octanol–water partition coefficient (Wildman–Crippen LogP) is 1.60. The highest BCUT2D eigenvalue weighted by molar-refractivity contribution is 6.07. The number of hydrogen-bond donors (Lipinski definition) is 3. The monoisotopic (exact) mass is 333 g/mol. The number of nitrogens with one attached hydrogen (secondary N) is 2. The number of unbranched alkanes of at least 4 members (excludes halogenated alkanes) is 2. The lowest BCUT2D eigenvalue weighted by molar-refractivity contribution is -0.170. The second-order valence-corrected chi connectivity index (χ2v) is 6.03. The molecule has 0 spiro atoms. The molecule has 0 saturated carbocycles. The van der Waals surface area contributed by atoms with Crippen LogP contribution in [0.5, 0.6) is 0 Å². The van der Waals surface area contributed by atoms with E-state index < -0.39 is 23.5 Å². The highest BCUT2D eigenvalue weighted by atomic mass is 16.5. The van der Waals surface area contributed by atoms with Crippen LogP contribution in [0.1, 0.15) is 38.2 Å². The summed E-state index contributed by atoms with van der Waals surface area (Å²) in [6.45, 7) is 2.03. The van der Waals surface area contributed by atoms with E-state index in [0.29, 0.717) is 17.9 Å². The van der Waals surface area contributed by atoms with E-state index in [4.69, 9.17) is 0 Å². The highest BCUT2D eigenvalue weighted by Gasteiger charge is 2.53. The molecule has 0 bridgehead atoms. The molecule has 1 aromatic rings. The number of hydroxylamine groups is 2. The fourth-order valence-corrected chi connectivity index (χ4v) is 3.14. The second-order valence-electron chi connectivity index (χ2n) is 6.03. The number of amides is 4. The molecule has 2 rings (SSSR count). The zero-order valence-electron chi connectivity index (χ0n) is 13.7. The molecule has 1 aliphatic heterocycles. The largest absolute Gasteiger partial charge is 0.322 e. The van der Waals surface area contributed by atoms with Crippen molar-refractivity contribution >= 4 is 18.3 Å². The third-order valence-corrected chi connectivity index (χ3v) is 4.41. The average molecular weight is 333 g/mol. The number of imide groups is 1. The molecule has 1 heterocycles. The highest BCUT2D eigenvalue weighted by Crippen LogP contribution is 2.28. The molecule has 2 atom stereocenters. The summed E-state index contributed by atoms with van der Waals surface area (Å²) in [6, 6.07) is 7.74. The molecule has 4 amide bonds. The molecule has 1 aromatic carbocycles. The van der Waals surface area contributed by atoms with Gasteiger partial charge in [0.05, 0.1) is 6.04 Å². The number of carbonyl (C=O) groups is 3. The molecule has 7 nitrogen and oxygen atoms in total. The summed E-state index contributed by atoms with van der Waals surface area (Å²) in [6.07, 6.45) is 3.40. The van der Waals surface area contributed by atoms with E-state index in [0.717, 1.165) is 18.4 Å². The minimum Gasteiger partial charge on any atom is -0.321 e. The van der Waals surface area contributed by atoms with Gasteiger partial charge in [-0.25, -0.2) is 9.86 Å². The van der Waals surface area contributed by atoms with Crippen LogP contribution >= 0.6 is 0 Å².